The molecule has 6 nitrogen and oxygen atoms in total. The van der Waals surface area contributed by atoms with Gasteiger partial charge in [-0.2, -0.15) is 0 Å². The molecule has 374 valence electrons. The van der Waals surface area contributed by atoms with E-state index in [9.17, 15) is 14.4 Å². The molecular weight excluding hydrogens is 817 g/mol. The molecule has 0 saturated heterocycles. The largest absolute Gasteiger partial charge is 0.462 e. The van der Waals surface area contributed by atoms with Crippen LogP contribution in [0.3, 0.4) is 0 Å². The minimum atomic E-state index is -0.779. The van der Waals surface area contributed by atoms with Crippen LogP contribution < -0.4 is 0 Å². The fourth-order valence-corrected chi connectivity index (χ4v) is 7.02. The Morgan fingerprint density at radius 2 is 0.591 bits per heavy atom. The second-order valence-electron chi connectivity index (χ2n) is 17.4. The third kappa shape index (κ3) is 51.1. The van der Waals surface area contributed by atoms with Crippen molar-refractivity contribution in [3.8, 4) is 0 Å². The molecule has 0 aromatic carbocycles. The van der Waals surface area contributed by atoms with Crippen molar-refractivity contribution >= 4 is 17.9 Å². The van der Waals surface area contributed by atoms with Gasteiger partial charge in [-0.25, -0.2) is 0 Å². The molecule has 0 spiro atoms. The van der Waals surface area contributed by atoms with Crippen LogP contribution in [-0.4, -0.2) is 37.2 Å². The van der Waals surface area contributed by atoms with Gasteiger partial charge in [-0.3, -0.25) is 14.4 Å². The fourth-order valence-electron chi connectivity index (χ4n) is 7.02. The average molecular weight is 915 g/mol. The number of hydrogen-bond donors (Lipinski definition) is 0. The lowest BCUT2D eigenvalue weighted by molar-refractivity contribution is -0.167. The predicted molar refractivity (Wildman–Crippen MR) is 283 cm³/mol. The molecule has 66 heavy (non-hydrogen) atoms. The number of ether oxygens (including phenoxy) is 3. The van der Waals surface area contributed by atoms with Gasteiger partial charge in [0.15, 0.2) is 6.10 Å². The zero-order valence-electron chi connectivity index (χ0n) is 42.7. The van der Waals surface area contributed by atoms with Crippen LogP contribution >= 0.6 is 0 Å². The van der Waals surface area contributed by atoms with Crippen molar-refractivity contribution in [1.29, 1.82) is 0 Å². The van der Waals surface area contributed by atoms with Gasteiger partial charge in [0, 0.05) is 19.3 Å². The maximum Gasteiger partial charge on any atom is 0.306 e. The normalized spacial score (nSPS) is 13.0. The number of carbonyl (C=O) groups excluding carboxylic acids is 3. The van der Waals surface area contributed by atoms with E-state index in [4.69, 9.17) is 14.2 Å². The van der Waals surface area contributed by atoms with Crippen molar-refractivity contribution < 1.29 is 28.6 Å². The number of carbonyl (C=O) groups is 3. The summed E-state index contributed by atoms with van der Waals surface area (Å²) in [5.74, 6) is -0.924. The van der Waals surface area contributed by atoms with E-state index >= 15 is 0 Å². The SMILES string of the molecule is CC/C=C\C/C=C\C/C=C\C/C=C\C/C=C\C/C=C\C/C=C\C/C=C\C/C=C\CCCCCCCC(=O)OCC(COC(=O)CCCCCCC)OC(=O)CCCCCCCCCCCC. The summed E-state index contributed by atoms with van der Waals surface area (Å²) in [5, 5.41) is 0. The number of allylic oxidation sites excluding steroid dienone is 18. The second kappa shape index (κ2) is 53.7. The lowest BCUT2D eigenvalue weighted by atomic mass is 10.1. The average Bonchev–Trinajstić information content (AvgIpc) is 3.31. The highest BCUT2D eigenvalue weighted by molar-refractivity contribution is 5.71. The quantitative estimate of drug-likeness (QED) is 0.0262. The number of rotatable bonds is 47. The second-order valence-corrected chi connectivity index (χ2v) is 17.4. The highest BCUT2D eigenvalue weighted by Gasteiger charge is 2.19. The van der Waals surface area contributed by atoms with E-state index in [2.05, 4.69) is 130 Å². The Labute approximate surface area is 406 Å². The molecular formula is C60H98O6. The van der Waals surface area contributed by atoms with Gasteiger partial charge in [-0.1, -0.05) is 233 Å². The molecule has 0 aliphatic carbocycles. The van der Waals surface area contributed by atoms with Crippen LogP contribution in [-0.2, 0) is 28.6 Å². The van der Waals surface area contributed by atoms with E-state index in [1.165, 1.54) is 51.4 Å². The standard InChI is InChI=1S/C60H98O6/c1-4-7-10-13-15-17-19-20-21-22-23-24-25-26-27-28-29-30-31-32-33-34-35-36-37-38-39-40-41-43-44-47-50-53-59(62)65-56-57(55-64-58(61)52-49-46-12-9-6-3)66-60(63)54-51-48-45-42-18-16-14-11-8-5-2/h7,10,15,17,20-21,23-24,26-27,29-30,32-33,35-36,38-39,57H,4-6,8-9,11-14,16,18-19,22,25,28,31,34,37,40-56H2,1-3H3/b10-7-,17-15-,21-20-,24-23-,27-26-,30-29-,33-32-,36-35-,39-38-. The van der Waals surface area contributed by atoms with Crippen LogP contribution in [0.2, 0.25) is 0 Å². The lowest BCUT2D eigenvalue weighted by Gasteiger charge is -2.18. The van der Waals surface area contributed by atoms with Crippen LogP contribution in [0.25, 0.3) is 0 Å². The first kappa shape index (κ1) is 62.1. The summed E-state index contributed by atoms with van der Waals surface area (Å²) in [7, 11) is 0. The highest BCUT2D eigenvalue weighted by Crippen LogP contribution is 2.14. The van der Waals surface area contributed by atoms with Crippen LogP contribution in [0.4, 0.5) is 0 Å². The van der Waals surface area contributed by atoms with Crippen LogP contribution in [0.1, 0.15) is 233 Å². The van der Waals surface area contributed by atoms with E-state index in [1.54, 1.807) is 0 Å². The Morgan fingerprint density at radius 1 is 0.318 bits per heavy atom. The summed E-state index contributed by atoms with van der Waals surface area (Å²) < 4.78 is 16.6. The molecule has 0 bridgehead atoms. The number of unbranched alkanes of at least 4 members (excludes halogenated alkanes) is 18. The minimum Gasteiger partial charge on any atom is -0.462 e. The first-order valence-electron chi connectivity index (χ1n) is 26.9. The summed E-state index contributed by atoms with van der Waals surface area (Å²) >= 11 is 0. The van der Waals surface area contributed by atoms with Crippen molar-refractivity contribution in [2.24, 2.45) is 0 Å². The predicted octanol–water partition coefficient (Wildman–Crippen LogP) is 17.9. The van der Waals surface area contributed by atoms with Crippen molar-refractivity contribution in [3.63, 3.8) is 0 Å². The monoisotopic (exact) mass is 915 g/mol. The smallest absolute Gasteiger partial charge is 0.306 e. The van der Waals surface area contributed by atoms with E-state index < -0.39 is 6.10 Å². The molecule has 0 rings (SSSR count). The summed E-state index contributed by atoms with van der Waals surface area (Å²) in [6.45, 7) is 6.39. The maximum atomic E-state index is 12.7. The van der Waals surface area contributed by atoms with Gasteiger partial charge < -0.3 is 14.2 Å². The molecule has 0 aliphatic heterocycles. The Balaban J connectivity index is 4.08. The fraction of sp³-hybridized carbons (Fsp3) is 0.650. The van der Waals surface area contributed by atoms with E-state index in [0.29, 0.717) is 19.3 Å². The number of esters is 3. The molecule has 0 amide bonds. The molecule has 0 aliphatic rings. The van der Waals surface area contributed by atoms with Crippen LogP contribution in [0.5, 0.6) is 0 Å². The first-order valence-corrected chi connectivity index (χ1v) is 26.9. The molecule has 0 fully saturated rings. The summed E-state index contributed by atoms with van der Waals surface area (Å²) in [6, 6.07) is 0. The zero-order valence-corrected chi connectivity index (χ0v) is 42.7. The van der Waals surface area contributed by atoms with Gasteiger partial charge in [-0.15, -0.1) is 0 Å². The molecule has 0 aromatic rings. The van der Waals surface area contributed by atoms with E-state index in [-0.39, 0.29) is 31.1 Å². The minimum absolute atomic E-state index is 0.0841. The van der Waals surface area contributed by atoms with E-state index in [1.807, 2.05) is 0 Å². The summed E-state index contributed by atoms with van der Waals surface area (Å²) in [4.78, 5) is 37.5. The molecule has 0 heterocycles. The summed E-state index contributed by atoms with van der Waals surface area (Å²) in [5.41, 5.74) is 0. The summed E-state index contributed by atoms with van der Waals surface area (Å²) in [6.07, 6.45) is 72.7. The van der Waals surface area contributed by atoms with Crippen molar-refractivity contribution in [1.82, 2.24) is 0 Å². The van der Waals surface area contributed by atoms with E-state index in [0.717, 1.165) is 141 Å². The van der Waals surface area contributed by atoms with Gasteiger partial charge in [0.25, 0.3) is 0 Å². The maximum absolute atomic E-state index is 12.7. The Hall–Kier alpha value is -3.93. The van der Waals surface area contributed by atoms with Crippen molar-refractivity contribution in [2.75, 3.05) is 13.2 Å². The Bertz CT molecular complexity index is 1370. The van der Waals surface area contributed by atoms with Gasteiger partial charge >= 0.3 is 17.9 Å². The third-order valence-corrected chi connectivity index (χ3v) is 11.0. The molecule has 0 radical (unpaired) electrons. The molecule has 0 N–H and O–H groups in total. The Morgan fingerprint density at radius 3 is 0.924 bits per heavy atom. The van der Waals surface area contributed by atoms with Crippen molar-refractivity contribution in [2.45, 2.75) is 239 Å². The Kier molecular flexibility index (Phi) is 50.5. The zero-order chi connectivity index (χ0) is 47.9. The van der Waals surface area contributed by atoms with Crippen LogP contribution in [0, 0.1) is 0 Å². The molecule has 1 atom stereocenters. The van der Waals surface area contributed by atoms with Gasteiger partial charge in [0.1, 0.15) is 13.2 Å². The first-order chi connectivity index (χ1) is 32.5. The number of hydrogen-bond acceptors (Lipinski definition) is 6. The molecule has 6 heteroatoms. The molecule has 0 aromatic heterocycles. The molecule has 0 saturated carbocycles. The van der Waals surface area contributed by atoms with Crippen molar-refractivity contribution in [3.05, 3.63) is 109 Å². The topological polar surface area (TPSA) is 78.9 Å². The lowest BCUT2D eigenvalue weighted by Crippen LogP contribution is -2.30. The van der Waals surface area contributed by atoms with Gasteiger partial charge in [0.05, 0.1) is 0 Å². The molecule has 1 unspecified atom stereocenters. The van der Waals surface area contributed by atoms with Gasteiger partial charge in [0.2, 0.25) is 0 Å². The third-order valence-electron chi connectivity index (χ3n) is 11.0. The van der Waals surface area contributed by atoms with Gasteiger partial charge in [-0.05, 0) is 89.9 Å². The van der Waals surface area contributed by atoms with Crippen LogP contribution in [0.15, 0.2) is 109 Å². The highest BCUT2D eigenvalue weighted by atomic mass is 16.6.